The zero-order valence-electron chi connectivity index (χ0n) is 21.4. The Kier molecular flexibility index (Phi) is 6.54. The molecule has 0 bridgehead atoms. The summed E-state index contributed by atoms with van der Waals surface area (Å²) in [5.74, 6) is -0.571. The first-order chi connectivity index (χ1) is 18.2. The third-order valence-corrected chi connectivity index (χ3v) is 6.30. The number of halogens is 1. The average molecular weight is 516 g/mol. The molecule has 194 valence electrons. The number of nitrogens with one attached hydrogen (secondary N) is 1. The largest absolute Gasteiger partial charge is 0.480 e. The maximum absolute atomic E-state index is 15.2. The van der Waals surface area contributed by atoms with Crippen LogP contribution in [0.1, 0.15) is 22.6 Å². The molecule has 0 aliphatic heterocycles. The topological polar surface area (TPSA) is 104 Å². The van der Waals surface area contributed by atoms with Gasteiger partial charge in [0.25, 0.3) is 5.89 Å². The lowest BCUT2D eigenvalue weighted by molar-refractivity contribution is -0.116. The predicted octanol–water partition coefficient (Wildman–Crippen LogP) is 4.67. The molecule has 2 aromatic heterocycles. The normalized spacial score (nSPS) is 11.2. The molecule has 0 fully saturated rings. The number of nitrogens with zero attached hydrogens (tertiary/aromatic N) is 4. The molecule has 0 atom stereocenters. The minimum Gasteiger partial charge on any atom is -0.480 e. The third kappa shape index (κ3) is 4.80. The number of rotatable bonds is 7. The van der Waals surface area contributed by atoms with Gasteiger partial charge in [-0.3, -0.25) is 13.9 Å². The molecule has 5 aromatic rings. The van der Waals surface area contributed by atoms with E-state index in [1.165, 1.54) is 21.6 Å². The van der Waals surface area contributed by atoms with Crippen molar-refractivity contribution >= 4 is 22.6 Å². The van der Waals surface area contributed by atoms with Crippen LogP contribution in [0.2, 0.25) is 0 Å². The number of ether oxygens (including phenoxy) is 1. The van der Waals surface area contributed by atoms with Crippen molar-refractivity contribution in [3.63, 3.8) is 0 Å². The second kappa shape index (κ2) is 9.97. The van der Waals surface area contributed by atoms with Crippen LogP contribution in [0.3, 0.4) is 0 Å². The Labute approximate surface area is 217 Å². The number of hydrogen-bond acceptors (Lipinski definition) is 6. The van der Waals surface area contributed by atoms with Crippen LogP contribution in [0.5, 0.6) is 5.75 Å². The van der Waals surface area contributed by atoms with E-state index in [0.717, 1.165) is 11.1 Å². The number of carbonyl (C=O) groups excluding carboxylic acids is 1. The summed E-state index contributed by atoms with van der Waals surface area (Å²) in [6.07, 6.45) is 1.18. The summed E-state index contributed by atoms with van der Waals surface area (Å²) in [7, 11) is 1.64. The Morgan fingerprint density at radius 1 is 1.08 bits per heavy atom. The molecule has 0 unspecified atom stereocenters. The van der Waals surface area contributed by atoms with Crippen LogP contribution in [0, 0.1) is 26.6 Å². The zero-order valence-corrected chi connectivity index (χ0v) is 21.4. The molecule has 9 nitrogen and oxygen atoms in total. The van der Waals surface area contributed by atoms with Crippen LogP contribution in [-0.2, 0) is 25.0 Å². The van der Waals surface area contributed by atoms with E-state index in [1.807, 2.05) is 50.2 Å². The number of aryl methyl sites for hydroxylation is 4. The van der Waals surface area contributed by atoms with Gasteiger partial charge in [0.15, 0.2) is 18.2 Å². The van der Waals surface area contributed by atoms with Crippen molar-refractivity contribution in [2.45, 2.75) is 33.9 Å². The van der Waals surface area contributed by atoms with Crippen molar-refractivity contribution in [3.05, 3.63) is 93.8 Å². The Morgan fingerprint density at radius 2 is 1.84 bits per heavy atom. The van der Waals surface area contributed by atoms with Gasteiger partial charge in [0, 0.05) is 18.3 Å². The first kappa shape index (κ1) is 24.9. The van der Waals surface area contributed by atoms with Crippen molar-refractivity contribution < 1.29 is 18.3 Å². The fourth-order valence-corrected chi connectivity index (χ4v) is 4.51. The van der Waals surface area contributed by atoms with E-state index < -0.39 is 5.82 Å². The van der Waals surface area contributed by atoms with Gasteiger partial charge in [0.1, 0.15) is 6.54 Å². The zero-order chi connectivity index (χ0) is 27.0. The Balaban J connectivity index is 1.51. The van der Waals surface area contributed by atoms with E-state index in [1.54, 1.807) is 20.0 Å². The number of aromatic nitrogens is 4. The molecule has 3 aromatic carbocycles. The molecule has 1 N–H and O–H groups in total. The molecule has 5 rings (SSSR count). The highest BCUT2D eigenvalue weighted by atomic mass is 19.1. The van der Waals surface area contributed by atoms with Crippen LogP contribution in [0.4, 0.5) is 10.1 Å². The summed E-state index contributed by atoms with van der Waals surface area (Å²) in [6.45, 7) is 5.37. The summed E-state index contributed by atoms with van der Waals surface area (Å²) in [4.78, 5) is 26.1. The van der Waals surface area contributed by atoms with E-state index in [0.29, 0.717) is 33.4 Å². The van der Waals surface area contributed by atoms with Gasteiger partial charge in [0.05, 0.1) is 11.0 Å². The minimum atomic E-state index is -0.559. The van der Waals surface area contributed by atoms with Crippen LogP contribution >= 0.6 is 0 Å². The molecule has 2 heterocycles. The molecule has 0 aliphatic carbocycles. The molecule has 1 amide bonds. The summed E-state index contributed by atoms with van der Waals surface area (Å²) >= 11 is 0. The molecule has 0 spiro atoms. The molecular formula is C28H26FN5O4. The standard InChI is InChI=1S/C28H26FN5O4/c1-16-5-7-20(8-6-16)31-24(35)13-34-23-10-17(2)9-21(26(23)33(4)28(34)36)19-11-18(3)27(22(29)12-19)37-14-25-32-30-15-38-25/h5-12,15H,13-14H2,1-4H3,(H,31,35). The van der Waals surface area contributed by atoms with E-state index in [4.69, 9.17) is 9.15 Å². The van der Waals surface area contributed by atoms with Gasteiger partial charge in [-0.2, -0.15) is 0 Å². The molecule has 38 heavy (non-hydrogen) atoms. The minimum absolute atomic E-state index is 0.0617. The highest BCUT2D eigenvalue weighted by Gasteiger charge is 2.20. The number of imidazole rings is 1. The van der Waals surface area contributed by atoms with Crippen molar-refractivity contribution in [1.82, 2.24) is 19.3 Å². The Hall–Kier alpha value is -4.73. The summed E-state index contributed by atoms with van der Waals surface area (Å²) in [5, 5.41) is 10.2. The van der Waals surface area contributed by atoms with Gasteiger partial charge >= 0.3 is 5.69 Å². The van der Waals surface area contributed by atoms with Gasteiger partial charge in [-0.1, -0.05) is 17.7 Å². The quantitative estimate of drug-likeness (QED) is 0.338. The van der Waals surface area contributed by atoms with Crippen LogP contribution < -0.4 is 15.7 Å². The van der Waals surface area contributed by atoms with Gasteiger partial charge in [-0.05, 0) is 73.9 Å². The first-order valence-electron chi connectivity index (χ1n) is 12.0. The summed E-state index contributed by atoms with van der Waals surface area (Å²) in [5.41, 5.74) is 5.24. The van der Waals surface area contributed by atoms with Crippen LogP contribution in [-0.4, -0.2) is 25.2 Å². The molecule has 0 radical (unpaired) electrons. The van der Waals surface area contributed by atoms with E-state index >= 15 is 4.39 Å². The fourth-order valence-electron chi connectivity index (χ4n) is 4.51. The van der Waals surface area contributed by atoms with Gasteiger partial charge in [-0.25, -0.2) is 9.18 Å². The monoisotopic (exact) mass is 515 g/mol. The van der Waals surface area contributed by atoms with Crippen molar-refractivity contribution in [3.8, 4) is 16.9 Å². The highest BCUT2D eigenvalue weighted by Crippen LogP contribution is 2.34. The maximum atomic E-state index is 15.2. The lowest BCUT2D eigenvalue weighted by Crippen LogP contribution is -2.28. The molecular weight excluding hydrogens is 489 g/mol. The first-order valence-corrected chi connectivity index (χ1v) is 12.0. The average Bonchev–Trinajstić information content (AvgIpc) is 3.47. The van der Waals surface area contributed by atoms with E-state index in [-0.39, 0.29) is 36.4 Å². The predicted molar refractivity (Wildman–Crippen MR) is 140 cm³/mol. The molecule has 10 heteroatoms. The molecule has 0 aliphatic rings. The van der Waals surface area contributed by atoms with E-state index in [2.05, 4.69) is 15.5 Å². The number of amides is 1. The number of anilines is 1. The lowest BCUT2D eigenvalue weighted by atomic mass is 9.99. The Bertz CT molecular complexity index is 1680. The third-order valence-electron chi connectivity index (χ3n) is 6.30. The SMILES string of the molecule is Cc1ccc(NC(=O)Cn2c(=O)n(C)c3c(-c4cc(C)c(OCc5nnco5)c(F)c4)cc(C)cc32)cc1. The summed E-state index contributed by atoms with van der Waals surface area (Å²) < 4.78 is 28.7. The lowest BCUT2D eigenvalue weighted by Gasteiger charge is -2.13. The summed E-state index contributed by atoms with van der Waals surface area (Å²) in [6, 6.07) is 14.3. The van der Waals surface area contributed by atoms with Crippen molar-refractivity contribution in [1.29, 1.82) is 0 Å². The van der Waals surface area contributed by atoms with Gasteiger partial charge < -0.3 is 14.5 Å². The van der Waals surface area contributed by atoms with Crippen molar-refractivity contribution in [2.24, 2.45) is 7.05 Å². The van der Waals surface area contributed by atoms with Gasteiger partial charge in [-0.15, -0.1) is 10.2 Å². The number of benzene rings is 3. The fraction of sp³-hybridized carbons (Fsp3) is 0.214. The second-order valence-corrected chi connectivity index (χ2v) is 9.25. The second-order valence-electron chi connectivity index (χ2n) is 9.25. The number of fused-ring (bicyclic) bond motifs is 1. The van der Waals surface area contributed by atoms with E-state index in [9.17, 15) is 9.59 Å². The Morgan fingerprint density at radius 3 is 2.53 bits per heavy atom. The maximum Gasteiger partial charge on any atom is 0.329 e. The van der Waals surface area contributed by atoms with Crippen LogP contribution in [0.25, 0.3) is 22.2 Å². The van der Waals surface area contributed by atoms with Crippen LogP contribution in [0.15, 0.2) is 64.1 Å². The molecule has 0 saturated heterocycles. The van der Waals surface area contributed by atoms with Crippen molar-refractivity contribution in [2.75, 3.05) is 5.32 Å². The number of hydrogen-bond donors (Lipinski definition) is 1. The number of carbonyl (C=O) groups is 1. The highest BCUT2D eigenvalue weighted by molar-refractivity contribution is 5.96. The smallest absolute Gasteiger partial charge is 0.329 e. The van der Waals surface area contributed by atoms with Gasteiger partial charge in [0.2, 0.25) is 12.3 Å². The molecule has 0 saturated carbocycles.